The van der Waals surface area contributed by atoms with Crippen LogP contribution in [-0.4, -0.2) is 60.5 Å². The van der Waals surface area contributed by atoms with Gasteiger partial charge < -0.3 is 33.2 Å². The van der Waals surface area contributed by atoms with Crippen LogP contribution in [0.1, 0.15) is 35.3 Å². The van der Waals surface area contributed by atoms with Gasteiger partial charge in [0.2, 0.25) is 0 Å². The molecule has 0 bridgehead atoms. The number of allylic oxidation sites excluding steroid dienone is 2. The van der Waals surface area contributed by atoms with E-state index in [4.69, 9.17) is 28.4 Å². The van der Waals surface area contributed by atoms with Crippen molar-refractivity contribution in [3.63, 3.8) is 0 Å². The van der Waals surface area contributed by atoms with Crippen LogP contribution in [0.25, 0.3) is 12.2 Å². The summed E-state index contributed by atoms with van der Waals surface area (Å²) in [5, 5.41) is 0. The third kappa shape index (κ3) is 12.0. The summed E-state index contributed by atoms with van der Waals surface area (Å²) < 4.78 is 30.9. The maximum atomic E-state index is 12.1. The molecule has 0 aliphatic rings. The molecular weight excluding hydrogens is 540 g/mol. The van der Waals surface area contributed by atoms with Gasteiger partial charge in [0.1, 0.15) is 12.1 Å². The molecule has 3 aromatic carbocycles. The first-order valence-corrected chi connectivity index (χ1v) is 12.6. The third-order valence-corrected chi connectivity index (χ3v) is 5.24. The van der Waals surface area contributed by atoms with E-state index >= 15 is 0 Å². The smallest absolute Gasteiger partial charge is 0.178 e. The molecule has 224 valence electrons. The van der Waals surface area contributed by atoms with E-state index in [9.17, 15) is 14.4 Å². The van der Waals surface area contributed by atoms with Crippen LogP contribution in [0.5, 0.6) is 34.5 Å². The van der Waals surface area contributed by atoms with Crippen molar-refractivity contribution in [2.75, 3.05) is 42.7 Å². The number of hydrogen-bond donors (Lipinski definition) is 0. The Balaban J connectivity index is 0.000000455. The Morgan fingerprint density at radius 1 is 0.500 bits per heavy atom. The van der Waals surface area contributed by atoms with E-state index in [0.717, 1.165) is 17.4 Å². The minimum Gasteiger partial charge on any atom is -0.493 e. The maximum absolute atomic E-state index is 12.1. The predicted octanol–water partition coefficient (Wildman–Crippen LogP) is 6.13. The molecule has 0 aromatic heterocycles. The van der Waals surface area contributed by atoms with Crippen molar-refractivity contribution in [3.05, 3.63) is 83.4 Å². The zero-order valence-electron chi connectivity index (χ0n) is 25.3. The molecule has 0 N–H and O–H groups in total. The minimum absolute atomic E-state index is 0.130. The van der Waals surface area contributed by atoms with Gasteiger partial charge in [-0.25, -0.2) is 0 Å². The Morgan fingerprint density at radius 2 is 0.786 bits per heavy atom. The summed E-state index contributed by atoms with van der Waals surface area (Å²) in [6.07, 6.45) is 7.21. The van der Waals surface area contributed by atoms with Gasteiger partial charge in [-0.15, -0.1) is 0 Å². The summed E-state index contributed by atoms with van der Waals surface area (Å²) in [7, 11) is 9.39. The normalized spacial score (nSPS) is 10.0. The van der Waals surface area contributed by atoms with Gasteiger partial charge in [-0.05, 0) is 79.6 Å². The molecule has 0 unspecified atom stereocenters. The maximum Gasteiger partial charge on any atom is 0.178 e. The number of hydrogen-bond acceptors (Lipinski definition) is 9. The summed E-state index contributed by atoms with van der Waals surface area (Å²) >= 11 is 0. The van der Waals surface area contributed by atoms with Gasteiger partial charge in [-0.1, -0.05) is 24.3 Å². The van der Waals surface area contributed by atoms with Crippen molar-refractivity contribution in [1.29, 1.82) is 0 Å². The third-order valence-electron chi connectivity index (χ3n) is 5.24. The fourth-order valence-corrected chi connectivity index (χ4v) is 3.25. The van der Waals surface area contributed by atoms with Gasteiger partial charge in [-0.3, -0.25) is 9.59 Å². The first kappa shape index (κ1) is 35.0. The minimum atomic E-state index is -0.130. The van der Waals surface area contributed by atoms with Gasteiger partial charge in [0, 0.05) is 5.56 Å². The average molecular weight is 579 g/mol. The lowest BCUT2D eigenvalue weighted by Gasteiger charge is -2.07. The molecule has 0 atom stereocenters. The van der Waals surface area contributed by atoms with Crippen LogP contribution in [-0.2, 0) is 9.59 Å². The van der Waals surface area contributed by atoms with E-state index < -0.39 is 0 Å². The molecule has 3 rings (SSSR count). The monoisotopic (exact) mass is 578 g/mol. The molecule has 9 heteroatoms. The van der Waals surface area contributed by atoms with Gasteiger partial charge in [0.15, 0.2) is 40.3 Å². The topological polar surface area (TPSA) is 107 Å². The van der Waals surface area contributed by atoms with E-state index in [1.165, 1.54) is 33.1 Å². The Labute approximate surface area is 247 Å². The molecule has 0 aliphatic carbocycles. The van der Waals surface area contributed by atoms with E-state index in [2.05, 4.69) is 0 Å². The van der Waals surface area contributed by atoms with Crippen molar-refractivity contribution in [3.8, 4) is 34.5 Å². The van der Waals surface area contributed by atoms with Gasteiger partial charge in [0.05, 0.1) is 42.7 Å². The van der Waals surface area contributed by atoms with Crippen LogP contribution in [0.15, 0.2) is 66.7 Å². The first-order valence-electron chi connectivity index (χ1n) is 12.6. The van der Waals surface area contributed by atoms with E-state index in [1.54, 1.807) is 90.2 Å². The van der Waals surface area contributed by atoms with Crippen molar-refractivity contribution in [2.24, 2.45) is 0 Å². The number of ether oxygens (including phenoxy) is 6. The SMILES string of the molecule is CC(C)=O.COc1ccc(/C=C/C(=O)/C=C/c2ccc(OC)c(OC)c2)cc1OC.COc1ccc(C=O)cc1OC. The van der Waals surface area contributed by atoms with Crippen LogP contribution < -0.4 is 28.4 Å². The summed E-state index contributed by atoms with van der Waals surface area (Å²) in [6.45, 7) is 3.06. The number of methoxy groups -OCH3 is 6. The zero-order valence-corrected chi connectivity index (χ0v) is 25.3. The largest absolute Gasteiger partial charge is 0.493 e. The Hall–Kier alpha value is -5.05. The molecule has 0 fully saturated rings. The summed E-state index contributed by atoms with van der Waals surface area (Å²) in [5.74, 6) is 3.75. The second kappa shape index (κ2) is 19.1. The number of rotatable bonds is 11. The van der Waals surface area contributed by atoms with Crippen LogP contribution in [0, 0.1) is 0 Å². The molecule has 42 heavy (non-hydrogen) atoms. The van der Waals surface area contributed by atoms with Gasteiger partial charge in [0.25, 0.3) is 0 Å². The number of aldehydes is 1. The van der Waals surface area contributed by atoms with Crippen LogP contribution in [0.2, 0.25) is 0 Å². The summed E-state index contributed by atoms with van der Waals surface area (Å²) in [5.41, 5.74) is 2.26. The van der Waals surface area contributed by atoms with Crippen molar-refractivity contribution < 1.29 is 42.8 Å². The Bertz CT molecular complexity index is 1300. The summed E-state index contributed by atoms with van der Waals surface area (Å²) in [4.78, 5) is 31.9. The molecule has 9 nitrogen and oxygen atoms in total. The van der Waals surface area contributed by atoms with Crippen LogP contribution in [0.4, 0.5) is 0 Å². The van der Waals surface area contributed by atoms with E-state index in [-0.39, 0.29) is 11.6 Å². The quantitative estimate of drug-likeness (QED) is 0.196. The number of ketones is 2. The van der Waals surface area contributed by atoms with E-state index in [1.807, 2.05) is 12.1 Å². The second-order valence-electron chi connectivity index (χ2n) is 8.44. The lowest BCUT2D eigenvalue weighted by molar-refractivity contribution is -0.115. The fourth-order valence-electron chi connectivity index (χ4n) is 3.25. The molecule has 0 saturated heterocycles. The number of carbonyl (C=O) groups excluding carboxylic acids is 3. The lowest BCUT2D eigenvalue weighted by atomic mass is 10.1. The molecule has 0 radical (unpaired) electrons. The number of benzene rings is 3. The van der Waals surface area contributed by atoms with Crippen LogP contribution >= 0.6 is 0 Å². The average Bonchev–Trinajstić information content (AvgIpc) is 3.01. The Morgan fingerprint density at radius 3 is 1.07 bits per heavy atom. The van der Waals surface area contributed by atoms with Crippen molar-refractivity contribution in [2.45, 2.75) is 13.8 Å². The standard InChI is InChI=1S/C21H22O5.C9H10O3.C3H6O/c1-23-18-11-7-15(13-20(18)25-3)5-9-17(22)10-6-16-8-12-19(24-2)21(14-16)26-4;1-11-8-4-3-7(6-10)5-9(8)12-2;1-3(2)4/h5-14H,1-4H3;3-6H,1-2H3;1-2H3/b9-5+,10-6+;;. The number of carbonyl (C=O) groups is 3. The van der Waals surface area contributed by atoms with E-state index in [0.29, 0.717) is 40.1 Å². The predicted molar refractivity (Wildman–Crippen MR) is 163 cm³/mol. The lowest BCUT2D eigenvalue weighted by Crippen LogP contribution is -1.91. The fraction of sp³-hybridized carbons (Fsp3) is 0.242. The molecule has 0 heterocycles. The molecule has 0 saturated carbocycles. The van der Waals surface area contributed by atoms with Crippen molar-refractivity contribution in [1.82, 2.24) is 0 Å². The first-order chi connectivity index (χ1) is 20.1. The zero-order chi connectivity index (χ0) is 31.5. The van der Waals surface area contributed by atoms with Crippen LogP contribution in [0.3, 0.4) is 0 Å². The molecular formula is C33H38O9. The van der Waals surface area contributed by atoms with Gasteiger partial charge >= 0.3 is 0 Å². The highest BCUT2D eigenvalue weighted by Gasteiger charge is 2.05. The van der Waals surface area contributed by atoms with Gasteiger partial charge in [-0.2, -0.15) is 0 Å². The summed E-state index contributed by atoms with van der Waals surface area (Å²) in [6, 6.07) is 15.9. The highest BCUT2D eigenvalue weighted by Crippen LogP contribution is 2.29. The van der Waals surface area contributed by atoms with Crippen molar-refractivity contribution >= 4 is 30.0 Å². The molecule has 0 aliphatic heterocycles. The molecule has 0 amide bonds. The molecule has 0 spiro atoms. The Kier molecular flexibility index (Phi) is 15.9. The second-order valence-corrected chi connectivity index (χ2v) is 8.44. The highest BCUT2D eigenvalue weighted by molar-refractivity contribution is 6.04. The molecule has 3 aromatic rings. The highest BCUT2D eigenvalue weighted by atomic mass is 16.5. The number of Topliss-reactive ketones (excluding diaryl/α,β-unsaturated/α-hetero) is 1.